The van der Waals surface area contributed by atoms with Gasteiger partial charge < -0.3 is 10.6 Å². The van der Waals surface area contributed by atoms with Crippen molar-refractivity contribution in [2.24, 2.45) is 4.99 Å². The number of hydrogen-bond donors (Lipinski definition) is 2. The molecular weight excluding hydrogens is 469 g/mol. The van der Waals surface area contributed by atoms with Crippen molar-refractivity contribution < 1.29 is 18.4 Å². The molecule has 1 aliphatic heterocycles. The molecule has 6 nitrogen and oxygen atoms in total. The summed E-state index contributed by atoms with van der Waals surface area (Å²) in [7, 11) is 0. The Bertz CT molecular complexity index is 684. The maximum atomic E-state index is 13.9. The van der Waals surface area contributed by atoms with Crippen LogP contribution in [0.3, 0.4) is 0 Å². The number of imide groups is 1. The fourth-order valence-corrected chi connectivity index (χ4v) is 2.77. The molecule has 1 fully saturated rings. The molecule has 1 heterocycles. The number of likely N-dealkylation sites (tertiary alicyclic amines) is 1. The van der Waals surface area contributed by atoms with Gasteiger partial charge in [0.2, 0.25) is 11.8 Å². The van der Waals surface area contributed by atoms with E-state index < -0.39 is 17.7 Å². The minimum Gasteiger partial charge on any atom is -0.357 e. The monoisotopic (exact) mass is 494 g/mol. The van der Waals surface area contributed by atoms with Gasteiger partial charge in [0.15, 0.2) is 5.96 Å². The summed E-state index contributed by atoms with van der Waals surface area (Å²) in [6, 6.07) is 2.99. The molecule has 1 atom stereocenters. The van der Waals surface area contributed by atoms with Crippen LogP contribution in [0.4, 0.5) is 8.78 Å². The molecule has 1 aliphatic rings. The zero-order valence-corrected chi connectivity index (χ0v) is 17.8. The fraction of sp³-hybridized carbons (Fsp3) is 0.500. The Morgan fingerprint density at radius 3 is 2.52 bits per heavy atom. The minimum absolute atomic E-state index is 0. The average molecular weight is 494 g/mol. The number of rotatable bonds is 6. The second kappa shape index (κ2) is 11.2. The number of carbonyl (C=O) groups is 2. The number of aliphatic imine (C=N–C) groups is 1. The first-order valence-corrected chi connectivity index (χ1v) is 8.75. The van der Waals surface area contributed by atoms with Crippen LogP contribution in [0.1, 0.15) is 44.7 Å². The van der Waals surface area contributed by atoms with Gasteiger partial charge in [0, 0.05) is 37.6 Å². The number of carbonyl (C=O) groups excluding carboxylic acids is 2. The van der Waals surface area contributed by atoms with Crippen LogP contribution in [0, 0.1) is 11.6 Å². The van der Waals surface area contributed by atoms with Crippen molar-refractivity contribution in [3.05, 3.63) is 35.4 Å². The maximum absolute atomic E-state index is 13.9. The van der Waals surface area contributed by atoms with Crippen molar-refractivity contribution >= 4 is 41.8 Å². The Morgan fingerprint density at radius 2 is 1.93 bits per heavy atom. The average Bonchev–Trinajstić information content (AvgIpc) is 2.57. The van der Waals surface area contributed by atoms with Crippen molar-refractivity contribution in [2.45, 2.75) is 39.2 Å². The van der Waals surface area contributed by atoms with Gasteiger partial charge >= 0.3 is 0 Å². The molecule has 1 aromatic rings. The van der Waals surface area contributed by atoms with Gasteiger partial charge in [-0.3, -0.25) is 19.5 Å². The fourth-order valence-electron chi connectivity index (χ4n) is 2.77. The highest BCUT2D eigenvalue weighted by atomic mass is 127. The van der Waals surface area contributed by atoms with E-state index in [0.717, 1.165) is 6.07 Å². The van der Waals surface area contributed by atoms with Crippen LogP contribution in [0.25, 0.3) is 0 Å². The van der Waals surface area contributed by atoms with Crippen molar-refractivity contribution in [3.63, 3.8) is 0 Å². The van der Waals surface area contributed by atoms with E-state index >= 15 is 0 Å². The topological polar surface area (TPSA) is 73.8 Å². The number of halogens is 3. The Morgan fingerprint density at radius 1 is 1.26 bits per heavy atom. The van der Waals surface area contributed by atoms with Crippen LogP contribution in [-0.2, 0) is 9.59 Å². The van der Waals surface area contributed by atoms with E-state index in [1.165, 1.54) is 17.0 Å². The second-order valence-corrected chi connectivity index (χ2v) is 6.09. The van der Waals surface area contributed by atoms with Gasteiger partial charge in [0.25, 0.3) is 0 Å². The third kappa shape index (κ3) is 6.71. The van der Waals surface area contributed by atoms with Gasteiger partial charge in [-0.05, 0) is 26.3 Å². The standard InChI is InChI=1S/C18H24F2N4O2.HI/c1-3-21-18(22-9-10-24-16(25)5-4-6-17(24)26)23-12(2)14-8-7-13(19)11-15(14)20;/h7-8,11-12H,3-6,9-10H2,1-2H3,(H2,21,22,23);1H. The predicted octanol–water partition coefficient (Wildman–Crippen LogP) is 2.74. The summed E-state index contributed by atoms with van der Waals surface area (Å²) in [4.78, 5) is 29.2. The molecule has 2 N–H and O–H groups in total. The van der Waals surface area contributed by atoms with E-state index in [9.17, 15) is 18.4 Å². The van der Waals surface area contributed by atoms with E-state index in [0.29, 0.717) is 37.3 Å². The number of amides is 2. The first kappa shape index (κ1) is 23.3. The second-order valence-electron chi connectivity index (χ2n) is 6.09. The molecular formula is C18H25F2IN4O2. The number of hydrogen-bond acceptors (Lipinski definition) is 3. The molecule has 0 radical (unpaired) electrons. The zero-order valence-electron chi connectivity index (χ0n) is 15.4. The SMILES string of the molecule is CCNC(=NCCN1C(=O)CCCC1=O)NC(C)c1ccc(F)cc1F.I. The highest BCUT2D eigenvalue weighted by Gasteiger charge is 2.25. The Balaban J connectivity index is 0.00000364. The molecule has 27 heavy (non-hydrogen) atoms. The predicted molar refractivity (Wildman–Crippen MR) is 110 cm³/mol. The highest BCUT2D eigenvalue weighted by molar-refractivity contribution is 14.0. The number of nitrogens with one attached hydrogen (secondary N) is 2. The Kier molecular flexibility index (Phi) is 9.61. The lowest BCUT2D eigenvalue weighted by atomic mass is 10.1. The molecule has 0 aliphatic carbocycles. The molecule has 1 aromatic carbocycles. The molecule has 0 saturated carbocycles. The first-order chi connectivity index (χ1) is 12.4. The summed E-state index contributed by atoms with van der Waals surface area (Å²) in [5, 5.41) is 6.07. The summed E-state index contributed by atoms with van der Waals surface area (Å²) in [6.07, 6.45) is 1.37. The van der Waals surface area contributed by atoms with E-state index in [1.807, 2.05) is 6.92 Å². The van der Waals surface area contributed by atoms with Crippen LogP contribution in [0.5, 0.6) is 0 Å². The minimum atomic E-state index is -0.634. The summed E-state index contributed by atoms with van der Waals surface area (Å²) >= 11 is 0. The van der Waals surface area contributed by atoms with Crippen LogP contribution in [0.15, 0.2) is 23.2 Å². The van der Waals surface area contributed by atoms with Crippen LogP contribution in [0.2, 0.25) is 0 Å². The van der Waals surface area contributed by atoms with Gasteiger partial charge in [0.05, 0.1) is 12.6 Å². The molecule has 2 rings (SSSR count). The van der Waals surface area contributed by atoms with Gasteiger partial charge in [0.1, 0.15) is 11.6 Å². The van der Waals surface area contributed by atoms with Crippen molar-refractivity contribution in [1.29, 1.82) is 0 Å². The van der Waals surface area contributed by atoms with Crippen LogP contribution in [-0.4, -0.2) is 42.3 Å². The van der Waals surface area contributed by atoms with Gasteiger partial charge in [-0.25, -0.2) is 8.78 Å². The highest BCUT2D eigenvalue weighted by Crippen LogP contribution is 2.17. The van der Waals surface area contributed by atoms with Gasteiger partial charge in [-0.15, -0.1) is 24.0 Å². The first-order valence-electron chi connectivity index (χ1n) is 8.75. The lowest BCUT2D eigenvalue weighted by molar-refractivity contribution is -0.147. The van der Waals surface area contributed by atoms with E-state index in [-0.39, 0.29) is 48.9 Å². The van der Waals surface area contributed by atoms with Gasteiger partial charge in [-0.2, -0.15) is 0 Å². The van der Waals surface area contributed by atoms with E-state index in [4.69, 9.17) is 0 Å². The summed E-state index contributed by atoms with van der Waals surface area (Å²) < 4.78 is 26.9. The quantitative estimate of drug-likeness (QED) is 0.276. The van der Waals surface area contributed by atoms with Crippen molar-refractivity contribution in [2.75, 3.05) is 19.6 Å². The molecule has 1 unspecified atom stereocenters. The molecule has 1 saturated heterocycles. The lowest BCUT2D eigenvalue weighted by Gasteiger charge is -2.24. The maximum Gasteiger partial charge on any atom is 0.229 e. The molecule has 9 heteroatoms. The Hall–Kier alpha value is -1.78. The summed E-state index contributed by atoms with van der Waals surface area (Å²) in [5.41, 5.74) is 0.318. The van der Waals surface area contributed by atoms with Gasteiger partial charge in [-0.1, -0.05) is 6.07 Å². The van der Waals surface area contributed by atoms with Crippen molar-refractivity contribution in [3.8, 4) is 0 Å². The normalized spacial score (nSPS) is 16.0. The summed E-state index contributed by atoms with van der Waals surface area (Å²) in [5.74, 6) is -1.17. The van der Waals surface area contributed by atoms with Crippen molar-refractivity contribution in [1.82, 2.24) is 15.5 Å². The van der Waals surface area contributed by atoms with E-state index in [1.54, 1.807) is 6.92 Å². The Labute approximate surface area is 174 Å². The molecule has 2 amide bonds. The molecule has 0 bridgehead atoms. The van der Waals surface area contributed by atoms with Crippen LogP contribution >= 0.6 is 24.0 Å². The summed E-state index contributed by atoms with van der Waals surface area (Å²) in [6.45, 7) is 4.67. The van der Waals surface area contributed by atoms with E-state index in [2.05, 4.69) is 15.6 Å². The number of benzene rings is 1. The number of nitrogens with zero attached hydrogens (tertiary/aromatic N) is 2. The molecule has 150 valence electrons. The number of piperidine rings is 1. The largest absolute Gasteiger partial charge is 0.357 e. The molecule has 0 spiro atoms. The third-order valence-electron chi connectivity index (χ3n) is 4.10. The third-order valence-corrected chi connectivity index (χ3v) is 4.10. The van der Waals surface area contributed by atoms with Crippen LogP contribution < -0.4 is 10.6 Å². The molecule has 0 aromatic heterocycles. The smallest absolute Gasteiger partial charge is 0.229 e. The number of guanidine groups is 1. The lowest BCUT2D eigenvalue weighted by Crippen LogP contribution is -2.43. The zero-order chi connectivity index (χ0) is 19.1.